The van der Waals surface area contributed by atoms with Gasteiger partial charge in [0.25, 0.3) is 0 Å². The number of hydrogen-bond donors (Lipinski definition) is 1. The van der Waals surface area contributed by atoms with Crippen molar-refractivity contribution in [1.29, 1.82) is 0 Å². The molecule has 2 rings (SSSR count). The van der Waals surface area contributed by atoms with Crippen molar-refractivity contribution >= 4 is 28.7 Å². The van der Waals surface area contributed by atoms with Gasteiger partial charge in [-0.15, -0.1) is 11.3 Å². The second kappa shape index (κ2) is 6.14. The van der Waals surface area contributed by atoms with Gasteiger partial charge in [0.2, 0.25) is 0 Å². The van der Waals surface area contributed by atoms with Gasteiger partial charge in [-0.2, -0.15) is 0 Å². The van der Waals surface area contributed by atoms with Crippen LogP contribution in [0.25, 0.3) is 0 Å². The molecular weight excluding hydrogens is 266 g/mol. The SMILES string of the molecule is NCCc1ccc(C(=O)Cc2ccc(Cl)s2)cc1. The van der Waals surface area contributed by atoms with Gasteiger partial charge < -0.3 is 5.73 Å². The van der Waals surface area contributed by atoms with Crippen LogP contribution in [0.2, 0.25) is 4.34 Å². The highest BCUT2D eigenvalue weighted by Crippen LogP contribution is 2.22. The molecule has 0 aliphatic rings. The number of rotatable bonds is 5. The Morgan fingerprint density at radius 3 is 2.44 bits per heavy atom. The zero-order chi connectivity index (χ0) is 13.0. The van der Waals surface area contributed by atoms with E-state index in [0.29, 0.717) is 13.0 Å². The number of ketones is 1. The van der Waals surface area contributed by atoms with Crippen LogP contribution in [0, 0.1) is 0 Å². The normalized spacial score (nSPS) is 10.6. The van der Waals surface area contributed by atoms with E-state index in [1.54, 1.807) is 0 Å². The largest absolute Gasteiger partial charge is 0.330 e. The Labute approximate surface area is 115 Å². The summed E-state index contributed by atoms with van der Waals surface area (Å²) in [6, 6.07) is 11.4. The minimum Gasteiger partial charge on any atom is -0.330 e. The lowest BCUT2D eigenvalue weighted by Crippen LogP contribution is -2.04. The summed E-state index contributed by atoms with van der Waals surface area (Å²) in [5.74, 6) is 0.118. The summed E-state index contributed by atoms with van der Waals surface area (Å²) >= 11 is 7.29. The van der Waals surface area contributed by atoms with E-state index in [4.69, 9.17) is 17.3 Å². The van der Waals surface area contributed by atoms with Gasteiger partial charge in [0.05, 0.1) is 4.34 Å². The van der Waals surface area contributed by atoms with Crippen molar-refractivity contribution in [3.63, 3.8) is 0 Å². The molecule has 94 valence electrons. The molecule has 1 heterocycles. The van der Waals surface area contributed by atoms with Crippen LogP contribution in [0.15, 0.2) is 36.4 Å². The molecular formula is C14H14ClNOS. The van der Waals surface area contributed by atoms with Crippen LogP contribution in [-0.4, -0.2) is 12.3 Å². The van der Waals surface area contributed by atoms with Gasteiger partial charge in [-0.3, -0.25) is 4.79 Å². The molecule has 1 aromatic carbocycles. The molecule has 2 N–H and O–H groups in total. The van der Waals surface area contributed by atoms with E-state index in [2.05, 4.69) is 0 Å². The smallest absolute Gasteiger partial charge is 0.168 e. The van der Waals surface area contributed by atoms with Gasteiger partial charge in [-0.1, -0.05) is 35.9 Å². The maximum atomic E-state index is 12.0. The first-order chi connectivity index (χ1) is 8.69. The molecule has 0 aliphatic carbocycles. The highest BCUT2D eigenvalue weighted by atomic mass is 35.5. The first-order valence-electron chi connectivity index (χ1n) is 5.75. The van der Waals surface area contributed by atoms with Crippen LogP contribution in [-0.2, 0) is 12.8 Å². The summed E-state index contributed by atoms with van der Waals surface area (Å²) in [6.07, 6.45) is 1.25. The first kappa shape index (κ1) is 13.3. The standard InChI is InChI=1S/C14H14ClNOS/c15-14-6-5-12(18-14)9-13(17)11-3-1-10(2-4-11)7-8-16/h1-6H,7-9,16H2. The highest BCUT2D eigenvalue weighted by Gasteiger charge is 2.08. The fourth-order valence-electron chi connectivity index (χ4n) is 1.73. The molecule has 4 heteroatoms. The van der Waals surface area contributed by atoms with Gasteiger partial charge >= 0.3 is 0 Å². The van der Waals surface area contributed by atoms with E-state index in [1.807, 2.05) is 36.4 Å². The molecule has 18 heavy (non-hydrogen) atoms. The number of benzene rings is 1. The summed E-state index contributed by atoms with van der Waals surface area (Å²) in [5, 5.41) is 0. The predicted octanol–water partition coefficient (Wildman–Crippen LogP) is 3.33. The van der Waals surface area contributed by atoms with Crippen molar-refractivity contribution < 1.29 is 4.79 Å². The minimum atomic E-state index is 0.118. The van der Waals surface area contributed by atoms with Crippen LogP contribution in [0.5, 0.6) is 0 Å². The van der Waals surface area contributed by atoms with Crippen molar-refractivity contribution in [1.82, 2.24) is 0 Å². The fraction of sp³-hybridized carbons (Fsp3) is 0.214. The van der Waals surface area contributed by atoms with Gasteiger partial charge in [0.15, 0.2) is 5.78 Å². The number of thiophene rings is 1. The lowest BCUT2D eigenvalue weighted by Gasteiger charge is -2.02. The Kier molecular flexibility index (Phi) is 4.53. The molecule has 1 aromatic heterocycles. The quantitative estimate of drug-likeness (QED) is 0.853. The molecule has 0 amide bonds. The fourth-order valence-corrected chi connectivity index (χ4v) is 2.82. The van der Waals surface area contributed by atoms with E-state index in [1.165, 1.54) is 11.3 Å². The molecule has 2 aromatic rings. The number of Topliss-reactive ketones (excluding diaryl/α,β-unsaturated/α-hetero) is 1. The third kappa shape index (κ3) is 3.42. The van der Waals surface area contributed by atoms with Crippen LogP contribution in [0.1, 0.15) is 20.8 Å². The van der Waals surface area contributed by atoms with Crippen LogP contribution < -0.4 is 5.73 Å². The predicted molar refractivity (Wildman–Crippen MR) is 76.6 cm³/mol. The summed E-state index contributed by atoms with van der Waals surface area (Å²) in [7, 11) is 0. The second-order valence-electron chi connectivity index (χ2n) is 4.04. The zero-order valence-electron chi connectivity index (χ0n) is 9.86. The Hall–Kier alpha value is -1.16. The lowest BCUT2D eigenvalue weighted by molar-refractivity contribution is 0.0994. The van der Waals surface area contributed by atoms with Gasteiger partial charge in [0, 0.05) is 16.9 Å². The summed E-state index contributed by atoms with van der Waals surface area (Å²) in [4.78, 5) is 13.0. The van der Waals surface area contributed by atoms with E-state index in [9.17, 15) is 4.79 Å². The van der Waals surface area contributed by atoms with Crippen molar-refractivity contribution in [2.75, 3.05) is 6.54 Å². The van der Waals surface area contributed by atoms with Crippen molar-refractivity contribution in [2.24, 2.45) is 5.73 Å². The monoisotopic (exact) mass is 279 g/mol. The second-order valence-corrected chi connectivity index (χ2v) is 5.84. The Morgan fingerprint density at radius 2 is 1.89 bits per heavy atom. The van der Waals surface area contributed by atoms with Gasteiger partial charge in [-0.05, 0) is 30.7 Å². The Balaban J connectivity index is 2.04. The number of carbonyl (C=O) groups excluding carboxylic acids is 1. The Morgan fingerprint density at radius 1 is 1.17 bits per heavy atom. The average molecular weight is 280 g/mol. The van der Waals surface area contributed by atoms with E-state index in [0.717, 1.165) is 26.8 Å². The molecule has 0 unspecified atom stereocenters. The summed E-state index contributed by atoms with van der Waals surface area (Å²) in [6.45, 7) is 0.626. The number of nitrogens with two attached hydrogens (primary N) is 1. The summed E-state index contributed by atoms with van der Waals surface area (Å²) in [5.41, 5.74) is 7.38. The number of hydrogen-bond acceptors (Lipinski definition) is 3. The zero-order valence-corrected chi connectivity index (χ0v) is 11.4. The maximum Gasteiger partial charge on any atom is 0.168 e. The maximum absolute atomic E-state index is 12.0. The molecule has 0 bridgehead atoms. The molecule has 0 atom stereocenters. The third-order valence-corrected chi connectivity index (χ3v) is 3.90. The van der Waals surface area contributed by atoms with Crippen LogP contribution >= 0.6 is 22.9 Å². The lowest BCUT2D eigenvalue weighted by atomic mass is 10.0. The van der Waals surface area contributed by atoms with E-state index in [-0.39, 0.29) is 5.78 Å². The van der Waals surface area contributed by atoms with Gasteiger partial charge in [0.1, 0.15) is 0 Å². The van der Waals surface area contributed by atoms with Crippen molar-refractivity contribution in [3.8, 4) is 0 Å². The van der Waals surface area contributed by atoms with Crippen molar-refractivity contribution in [3.05, 3.63) is 56.7 Å². The molecule has 2 nitrogen and oxygen atoms in total. The summed E-state index contributed by atoms with van der Waals surface area (Å²) < 4.78 is 0.719. The topological polar surface area (TPSA) is 43.1 Å². The van der Waals surface area contributed by atoms with Crippen LogP contribution in [0.4, 0.5) is 0 Å². The van der Waals surface area contributed by atoms with Gasteiger partial charge in [-0.25, -0.2) is 0 Å². The highest BCUT2D eigenvalue weighted by molar-refractivity contribution is 7.16. The first-order valence-corrected chi connectivity index (χ1v) is 6.95. The number of carbonyl (C=O) groups is 1. The molecule has 0 saturated heterocycles. The molecule has 0 saturated carbocycles. The van der Waals surface area contributed by atoms with Crippen molar-refractivity contribution in [2.45, 2.75) is 12.8 Å². The minimum absolute atomic E-state index is 0.118. The molecule has 0 aliphatic heterocycles. The van der Waals surface area contributed by atoms with E-state index < -0.39 is 0 Å². The Bertz CT molecular complexity index is 533. The molecule has 0 spiro atoms. The average Bonchev–Trinajstić information content (AvgIpc) is 2.76. The van der Waals surface area contributed by atoms with E-state index >= 15 is 0 Å². The molecule has 0 radical (unpaired) electrons. The molecule has 0 fully saturated rings. The third-order valence-electron chi connectivity index (χ3n) is 2.67. The number of halogens is 1. The van der Waals surface area contributed by atoms with Crippen LogP contribution in [0.3, 0.4) is 0 Å².